The lowest BCUT2D eigenvalue weighted by atomic mass is 10.1. The molecule has 0 spiro atoms. The molecule has 0 aromatic heterocycles. The maximum Gasteiger partial charge on any atom is 0.326 e. The third kappa shape index (κ3) is 5.39. The van der Waals surface area contributed by atoms with E-state index in [9.17, 15) is 9.59 Å². The number of anilines is 1. The first-order valence-corrected chi connectivity index (χ1v) is 10.8. The van der Waals surface area contributed by atoms with Crippen LogP contribution in [0.1, 0.15) is 27.0 Å². The monoisotopic (exact) mass is 520 g/mol. The molecule has 0 bridgehead atoms. The number of nitrogens with one attached hydrogen (secondary N) is 2. The molecule has 160 valence electrons. The van der Waals surface area contributed by atoms with E-state index in [0.717, 1.165) is 10.0 Å². The first kappa shape index (κ1) is 23.1. The minimum atomic E-state index is -0.716. The Balaban J connectivity index is 1.79. The average molecular weight is 522 g/mol. The van der Waals surface area contributed by atoms with Crippen LogP contribution in [0.25, 0.3) is 0 Å². The minimum Gasteiger partial charge on any atom is -0.457 e. The number of halogens is 3. The lowest BCUT2D eigenvalue weighted by Crippen LogP contribution is -2.34. The van der Waals surface area contributed by atoms with Crippen molar-refractivity contribution in [2.45, 2.75) is 20.8 Å². The van der Waals surface area contributed by atoms with Crippen LogP contribution in [-0.2, 0) is 0 Å². The van der Waals surface area contributed by atoms with Crippen LogP contribution < -0.4 is 15.4 Å². The maximum absolute atomic E-state index is 12.4. The number of carbonyl (C=O) groups excluding carboxylic acids is 2. The zero-order valence-corrected chi connectivity index (χ0v) is 20.1. The van der Waals surface area contributed by atoms with E-state index in [1.165, 1.54) is 6.07 Å². The van der Waals surface area contributed by atoms with Crippen molar-refractivity contribution in [3.63, 3.8) is 0 Å². The molecule has 0 saturated carbocycles. The number of rotatable bonds is 4. The highest BCUT2D eigenvalue weighted by molar-refractivity contribution is 9.10. The summed E-state index contributed by atoms with van der Waals surface area (Å²) in [4.78, 5) is 24.7. The zero-order valence-electron chi connectivity index (χ0n) is 17.0. The van der Waals surface area contributed by atoms with Gasteiger partial charge < -0.3 is 10.1 Å². The number of amides is 3. The van der Waals surface area contributed by atoms with Gasteiger partial charge >= 0.3 is 6.03 Å². The molecule has 0 aliphatic carbocycles. The highest BCUT2D eigenvalue weighted by Gasteiger charge is 2.18. The summed E-state index contributed by atoms with van der Waals surface area (Å²) in [7, 11) is 0. The summed E-state index contributed by atoms with van der Waals surface area (Å²) in [6.45, 7) is 5.53. The van der Waals surface area contributed by atoms with Gasteiger partial charge in [0.25, 0.3) is 5.91 Å². The third-order valence-electron chi connectivity index (χ3n) is 4.60. The van der Waals surface area contributed by atoms with E-state index in [2.05, 4.69) is 26.6 Å². The van der Waals surface area contributed by atoms with E-state index in [-0.39, 0.29) is 10.6 Å². The van der Waals surface area contributed by atoms with Crippen LogP contribution in [0.3, 0.4) is 0 Å². The molecule has 0 atom stereocenters. The average Bonchev–Trinajstić information content (AvgIpc) is 2.71. The normalized spacial score (nSPS) is 10.5. The summed E-state index contributed by atoms with van der Waals surface area (Å²) in [5.74, 6) is 0.663. The highest BCUT2D eigenvalue weighted by atomic mass is 79.9. The molecule has 0 heterocycles. The van der Waals surface area contributed by atoms with Gasteiger partial charge in [-0.25, -0.2) is 4.79 Å². The number of ether oxygens (including phenoxy) is 1. The summed E-state index contributed by atoms with van der Waals surface area (Å²) in [5.41, 5.74) is 2.89. The Labute approximate surface area is 198 Å². The topological polar surface area (TPSA) is 67.4 Å². The largest absolute Gasteiger partial charge is 0.457 e. The number of carbonyl (C=O) groups is 2. The SMILES string of the molecule is Cc1cc(Br)ccc1Oc1cc(C)c(NC(=O)NC(=O)c2ccccc2Cl)c(Cl)c1C. The van der Waals surface area contributed by atoms with Gasteiger partial charge in [0.2, 0.25) is 0 Å². The van der Waals surface area contributed by atoms with E-state index in [4.69, 9.17) is 27.9 Å². The Morgan fingerprint density at radius 3 is 2.32 bits per heavy atom. The molecule has 0 radical (unpaired) electrons. The van der Waals surface area contributed by atoms with Crippen molar-refractivity contribution in [2.75, 3.05) is 5.32 Å². The van der Waals surface area contributed by atoms with Crippen LogP contribution in [0, 0.1) is 20.8 Å². The van der Waals surface area contributed by atoms with E-state index >= 15 is 0 Å². The molecule has 0 aliphatic rings. The van der Waals surface area contributed by atoms with Gasteiger partial charge in [-0.05, 0) is 68.3 Å². The number of imide groups is 1. The molecule has 31 heavy (non-hydrogen) atoms. The first-order chi connectivity index (χ1) is 14.7. The Kier molecular flexibility index (Phi) is 7.26. The Hall–Kier alpha value is -2.54. The fourth-order valence-corrected chi connectivity index (χ4v) is 3.90. The number of hydrogen-bond acceptors (Lipinski definition) is 3. The van der Waals surface area contributed by atoms with E-state index in [1.54, 1.807) is 38.1 Å². The van der Waals surface area contributed by atoms with Crippen molar-refractivity contribution in [3.05, 3.63) is 85.3 Å². The van der Waals surface area contributed by atoms with Crippen LogP contribution in [0.2, 0.25) is 10.0 Å². The summed E-state index contributed by atoms with van der Waals surface area (Å²) in [6.07, 6.45) is 0. The molecule has 3 amide bonds. The van der Waals surface area contributed by atoms with E-state index in [0.29, 0.717) is 33.3 Å². The van der Waals surface area contributed by atoms with Crippen LogP contribution in [-0.4, -0.2) is 11.9 Å². The minimum absolute atomic E-state index is 0.201. The number of urea groups is 1. The maximum atomic E-state index is 12.4. The van der Waals surface area contributed by atoms with Crippen molar-refractivity contribution in [2.24, 2.45) is 0 Å². The van der Waals surface area contributed by atoms with Gasteiger partial charge in [0.1, 0.15) is 11.5 Å². The van der Waals surface area contributed by atoms with Crippen molar-refractivity contribution >= 4 is 56.8 Å². The summed E-state index contributed by atoms with van der Waals surface area (Å²) in [6, 6.07) is 13.2. The highest BCUT2D eigenvalue weighted by Crippen LogP contribution is 2.38. The third-order valence-corrected chi connectivity index (χ3v) is 5.90. The van der Waals surface area contributed by atoms with Crippen molar-refractivity contribution in [3.8, 4) is 11.5 Å². The Morgan fingerprint density at radius 1 is 0.935 bits per heavy atom. The Bertz CT molecular complexity index is 1180. The van der Waals surface area contributed by atoms with Crippen LogP contribution in [0.5, 0.6) is 11.5 Å². The van der Waals surface area contributed by atoms with Gasteiger partial charge in [0.15, 0.2) is 0 Å². The second kappa shape index (κ2) is 9.73. The van der Waals surface area contributed by atoms with Crippen LogP contribution in [0.15, 0.2) is 53.0 Å². The molecular formula is C23H19BrCl2N2O3. The molecule has 3 aromatic rings. The molecule has 0 fully saturated rings. The second-order valence-corrected chi connectivity index (χ2v) is 8.61. The molecule has 5 nitrogen and oxygen atoms in total. The predicted molar refractivity (Wildman–Crippen MR) is 128 cm³/mol. The summed E-state index contributed by atoms with van der Waals surface area (Å²) >= 11 is 16.0. The first-order valence-electron chi connectivity index (χ1n) is 9.28. The van der Waals surface area contributed by atoms with Crippen molar-refractivity contribution < 1.29 is 14.3 Å². The smallest absolute Gasteiger partial charge is 0.326 e. The van der Waals surface area contributed by atoms with E-state index in [1.807, 2.05) is 25.1 Å². The lowest BCUT2D eigenvalue weighted by Gasteiger charge is -2.17. The molecule has 0 aliphatic heterocycles. The van der Waals surface area contributed by atoms with Gasteiger partial charge in [-0.15, -0.1) is 0 Å². The van der Waals surface area contributed by atoms with Crippen LogP contribution >= 0.6 is 39.1 Å². The quantitative estimate of drug-likeness (QED) is 0.375. The standard InChI is InChI=1S/C23H19BrCl2N2O3/c1-12-10-15(24)8-9-18(12)31-19-11-13(2)21(20(26)14(19)3)27-23(30)28-22(29)16-6-4-5-7-17(16)25/h4-11H,1-3H3,(H2,27,28,29,30). The molecule has 2 N–H and O–H groups in total. The van der Waals surface area contributed by atoms with Gasteiger partial charge in [-0.2, -0.15) is 0 Å². The van der Waals surface area contributed by atoms with Crippen molar-refractivity contribution in [1.29, 1.82) is 0 Å². The van der Waals surface area contributed by atoms with Gasteiger partial charge in [0.05, 0.1) is 21.3 Å². The van der Waals surface area contributed by atoms with Gasteiger partial charge in [-0.1, -0.05) is 51.3 Å². The molecule has 3 aromatic carbocycles. The fraction of sp³-hybridized carbons (Fsp3) is 0.130. The number of hydrogen-bond donors (Lipinski definition) is 2. The molecule has 0 unspecified atom stereocenters. The summed E-state index contributed by atoms with van der Waals surface area (Å²) in [5, 5.41) is 5.48. The van der Waals surface area contributed by atoms with Gasteiger partial charge in [-0.3, -0.25) is 10.1 Å². The molecule has 8 heteroatoms. The van der Waals surface area contributed by atoms with Gasteiger partial charge in [0, 0.05) is 10.0 Å². The van der Waals surface area contributed by atoms with E-state index < -0.39 is 11.9 Å². The molecule has 0 saturated heterocycles. The van der Waals surface area contributed by atoms with Crippen molar-refractivity contribution in [1.82, 2.24) is 5.32 Å². The molecule has 3 rings (SSSR count). The Morgan fingerprint density at radius 2 is 1.65 bits per heavy atom. The number of benzene rings is 3. The second-order valence-electron chi connectivity index (χ2n) is 6.91. The predicted octanol–water partition coefficient (Wildman–Crippen LogP) is 7.44. The summed E-state index contributed by atoms with van der Waals surface area (Å²) < 4.78 is 7.01. The lowest BCUT2D eigenvalue weighted by molar-refractivity contribution is 0.0967. The fourth-order valence-electron chi connectivity index (χ4n) is 2.91. The van der Waals surface area contributed by atoms with Crippen LogP contribution in [0.4, 0.5) is 10.5 Å². The number of aryl methyl sites for hydroxylation is 2. The molecular weight excluding hydrogens is 503 g/mol. The zero-order chi connectivity index (χ0) is 22.7.